The number of rotatable bonds is 21. The third-order valence-electron chi connectivity index (χ3n) is 7.70. The lowest BCUT2D eigenvalue weighted by Gasteiger charge is -2.31. The average molecular weight is 748 g/mol. The highest BCUT2D eigenvalue weighted by Crippen LogP contribution is 2.30. The lowest BCUT2D eigenvalue weighted by Crippen LogP contribution is -2.54. The summed E-state index contributed by atoms with van der Waals surface area (Å²) in [5.41, 5.74) is 10.8. The van der Waals surface area contributed by atoms with Crippen LogP contribution in [0.15, 0.2) is 58.8 Å². The van der Waals surface area contributed by atoms with Gasteiger partial charge in [0.25, 0.3) is 0 Å². The van der Waals surface area contributed by atoms with Crippen LogP contribution in [0.1, 0.15) is 63.1 Å². The molecule has 0 spiro atoms. The molecule has 1 aromatic heterocycles. The van der Waals surface area contributed by atoms with Gasteiger partial charge < -0.3 is 15.7 Å². The van der Waals surface area contributed by atoms with Crippen molar-refractivity contribution >= 4 is 50.7 Å². The van der Waals surface area contributed by atoms with E-state index in [0.717, 1.165) is 47.8 Å². The maximum Gasteiger partial charge on any atom is 0.243 e. The molecule has 0 saturated heterocycles. The van der Waals surface area contributed by atoms with Crippen LogP contribution in [0.25, 0.3) is 0 Å². The quantitative estimate of drug-likeness (QED) is 0.0490. The van der Waals surface area contributed by atoms with Crippen molar-refractivity contribution in [2.75, 3.05) is 12.3 Å². The van der Waals surface area contributed by atoms with Crippen LogP contribution in [-0.2, 0) is 43.3 Å². The molecule has 0 saturated carbocycles. The smallest absolute Gasteiger partial charge is 0.243 e. The first-order valence-electron chi connectivity index (χ1n) is 15.8. The third-order valence-corrected chi connectivity index (χ3v) is 11.9. The number of nitrogens with zero attached hydrogens (tertiary/aromatic N) is 1. The molecule has 48 heavy (non-hydrogen) atoms. The van der Waals surface area contributed by atoms with E-state index in [1.54, 1.807) is 12.1 Å². The van der Waals surface area contributed by atoms with Crippen molar-refractivity contribution in [1.82, 2.24) is 10.4 Å². The fraction of sp³-hybridized carbons (Fsp3) is 0.485. The van der Waals surface area contributed by atoms with Gasteiger partial charge >= 0.3 is 0 Å². The molecule has 0 aliphatic rings. The number of hydrogen-bond donors (Lipinski definition) is 3. The summed E-state index contributed by atoms with van der Waals surface area (Å²) < 4.78 is 61.4. The van der Waals surface area contributed by atoms with Crippen LogP contribution in [0.2, 0.25) is 4.34 Å². The van der Waals surface area contributed by atoms with Gasteiger partial charge in [0.05, 0.1) is 37.7 Å². The van der Waals surface area contributed by atoms with Crippen molar-refractivity contribution < 1.29 is 36.4 Å². The summed E-state index contributed by atoms with van der Waals surface area (Å²) in [5.74, 6) is -2.82. The summed E-state index contributed by atoms with van der Waals surface area (Å²) in [4.78, 5) is 20.8. The van der Waals surface area contributed by atoms with Crippen molar-refractivity contribution in [2.24, 2.45) is 5.73 Å². The van der Waals surface area contributed by atoms with Gasteiger partial charge in [0.2, 0.25) is 5.91 Å². The van der Waals surface area contributed by atoms with Gasteiger partial charge in [-0.1, -0.05) is 69.5 Å². The van der Waals surface area contributed by atoms with Crippen molar-refractivity contribution in [3.05, 3.63) is 87.3 Å². The first-order valence-corrected chi connectivity index (χ1v) is 19.5. The van der Waals surface area contributed by atoms with Gasteiger partial charge in [0, 0.05) is 25.2 Å². The van der Waals surface area contributed by atoms with Gasteiger partial charge in [0.15, 0.2) is 9.84 Å². The number of aliphatic hydroxyl groups excluding tert-OH is 1. The molecule has 0 aliphatic heterocycles. The maximum absolute atomic E-state index is 14.3. The zero-order valence-electron chi connectivity index (χ0n) is 27.2. The minimum Gasteiger partial charge on any atom is -0.390 e. The number of sulfone groups is 1. The first kappa shape index (κ1) is 40.3. The fourth-order valence-corrected chi connectivity index (χ4v) is 9.07. The second-order valence-corrected chi connectivity index (χ2v) is 16.6. The number of thiophene rings is 1. The Kier molecular flexibility index (Phi) is 16.7. The van der Waals surface area contributed by atoms with E-state index in [1.165, 1.54) is 16.2 Å². The minimum atomic E-state index is -3.81. The van der Waals surface area contributed by atoms with Gasteiger partial charge in [0.1, 0.15) is 17.7 Å². The SMILES string of the molecule is CCCC(CCC)S(=O)(=O)C[C@H](NOOSc1ccc(Cl)s1)C(=O)N(Cc1cccc(CC)c1)C[C@@H](O)[C@@H](N)Cc1cc(F)cc(F)c1. The predicted octanol–water partition coefficient (Wildman–Crippen LogP) is 6.41. The van der Waals surface area contributed by atoms with Crippen LogP contribution in [0.3, 0.4) is 0 Å². The zero-order valence-corrected chi connectivity index (χ0v) is 30.4. The van der Waals surface area contributed by atoms with E-state index in [9.17, 15) is 27.1 Å². The Balaban J connectivity index is 1.89. The molecule has 3 aromatic rings. The highest BCUT2D eigenvalue weighted by molar-refractivity contribution is 7.96. The molecule has 0 bridgehead atoms. The summed E-state index contributed by atoms with van der Waals surface area (Å²) in [6.07, 6.45) is 1.50. The number of hydrogen-bond acceptors (Lipinski definition) is 10. The molecular weight excluding hydrogens is 704 g/mol. The number of benzene rings is 2. The van der Waals surface area contributed by atoms with E-state index >= 15 is 0 Å². The molecule has 0 radical (unpaired) electrons. The second-order valence-electron chi connectivity index (χ2n) is 11.6. The van der Waals surface area contributed by atoms with Crippen molar-refractivity contribution in [3.8, 4) is 0 Å². The first-order chi connectivity index (χ1) is 22.8. The van der Waals surface area contributed by atoms with E-state index in [1.807, 2.05) is 45.0 Å². The minimum absolute atomic E-state index is 0.0138. The van der Waals surface area contributed by atoms with Crippen molar-refractivity contribution in [1.29, 1.82) is 0 Å². The van der Waals surface area contributed by atoms with Crippen LogP contribution in [-0.4, -0.2) is 60.1 Å². The van der Waals surface area contributed by atoms with Crippen LogP contribution in [0.4, 0.5) is 8.78 Å². The molecule has 3 rings (SSSR count). The summed E-state index contributed by atoms with van der Waals surface area (Å²) in [6, 6.07) is 11.5. The number of aliphatic hydroxyl groups is 1. The normalized spacial score (nSPS) is 13.9. The Labute approximate surface area is 295 Å². The van der Waals surface area contributed by atoms with E-state index < -0.39 is 56.6 Å². The summed E-state index contributed by atoms with van der Waals surface area (Å²) in [7, 11) is -3.81. The van der Waals surface area contributed by atoms with Crippen LogP contribution < -0.4 is 11.2 Å². The van der Waals surface area contributed by atoms with Crippen LogP contribution >= 0.6 is 35.0 Å². The number of carbonyl (C=O) groups excluding carboxylic acids is 1. The van der Waals surface area contributed by atoms with Crippen LogP contribution in [0.5, 0.6) is 0 Å². The van der Waals surface area contributed by atoms with Gasteiger partial charge in [-0.15, -0.1) is 20.7 Å². The summed E-state index contributed by atoms with van der Waals surface area (Å²) >= 11 is 8.05. The highest BCUT2D eigenvalue weighted by Gasteiger charge is 2.35. The monoisotopic (exact) mass is 747 g/mol. The number of carbonyl (C=O) groups is 1. The average Bonchev–Trinajstić information content (AvgIpc) is 3.45. The molecule has 4 N–H and O–H groups in total. The Morgan fingerprint density at radius 3 is 2.31 bits per heavy atom. The number of hydroxylamine groups is 1. The molecule has 1 amide bonds. The Morgan fingerprint density at radius 1 is 1.04 bits per heavy atom. The topological polar surface area (TPSA) is 131 Å². The Bertz CT molecular complexity index is 1540. The highest BCUT2D eigenvalue weighted by atomic mass is 35.5. The number of nitrogens with two attached hydrogens (primary N) is 1. The van der Waals surface area contributed by atoms with E-state index in [-0.39, 0.29) is 25.1 Å². The van der Waals surface area contributed by atoms with Crippen LogP contribution in [0, 0.1) is 11.6 Å². The molecule has 9 nitrogen and oxygen atoms in total. The second kappa shape index (κ2) is 19.9. The molecule has 3 atom stereocenters. The largest absolute Gasteiger partial charge is 0.390 e. The summed E-state index contributed by atoms with van der Waals surface area (Å²) in [5, 5.41) is 10.5. The van der Waals surface area contributed by atoms with Gasteiger partial charge in [-0.25, -0.2) is 17.2 Å². The number of amides is 1. The Morgan fingerprint density at radius 2 is 1.71 bits per heavy atom. The molecule has 0 aliphatic carbocycles. The van der Waals surface area contributed by atoms with Gasteiger partial charge in [-0.05, 0) is 66.6 Å². The molecule has 1 heterocycles. The standard InChI is InChI=1S/C33H44ClF2N3O6S3/c1-4-8-27(9-5-2)48(42,43)21-29(38-44-45-47-32-13-12-31(34)46-32)33(41)39(19-23-11-7-10-22(6-3)14-23)20-30(40)28(37)17-24-15-25(35)18-26(36)16-24/h7,10-16,18,27-30,38,40H,4-6,8-9,17,19-21,37H2,1-3H3/t28-,29-,30+/m0/s1. The molecule has 0 unspecified atom stereocenters. The number of halogens is 3. The van der Waals surface area contributed by atoms with E-state index in [4.69, 9.17) is 26.7 Å². The van der Waals surface area contributed by atoms with E-state index in [2.05, 4.69) is 5.48 Å². The Hall–Kier alpha value is -2.14. The molecule has 2 aromatic carbocycles. The number of nitrogens with one attached hydrogen (secondary N) is 1. The fourth-order valence-electron chi connectivity index (χ4n) is 5.26. The molecular formula is C33H44ClF2N3O6S3. The summed E-state index contributed by atoms with van der Waals surface area (Å²) in [6.45, 7) is 5.51. The zero-order chi connectivity index (χ0) is 35.3. The lowest BCUT2D eigenvalue weighted by atomic mass is 10.0. The van der Waals surface area contributed by atoms with Gasteiger partial charge in [-0.2, -0.15) is 5.48 Å². The molecule has 266 valence electrons. The molecule has 0 fully saturated rings. The predicted molar refractivity (Wildman–Crippen MR) is 187 cm³/mol. The van der Waals surface area contributed by atoms with Gasteiger partial charge in [-0.3, -0.25) is 4.79 Å². The molecule has 15 heteroatoms. The lowest BCUT2D eigenvalue weighted by molar-refractivity contribution is -0.252. The third kappa shape index (κ3) is 13.0. The van der Waals surface area contributed by atoms with Crippen molar-refractivity contribution in [3.63, 3.8) is 0 Å². The van der Waals surface area contributed by atoms with E-state index in [0.29, 0.717) is 34.2 Å². The van der Waals surface area contributed by atoms with Crippen molar-refractivity contribution in [2.45, 2.75) is 93.5 Å². The maximum atomic E-state index is 14.3. The number of aryl methyl sites for hydroxylation is 1.